The Hall–Kier alpha value is -3.32. The molecular weight excluding hydrogens is 568 g/mol. The van der Waals surface area contributed by atoms with Crippen LogP contribution in [0.4, 0.5) is 0 Å². The zero-order valence-electron chi connectivity index (χ0n) is 22.8. The molecule has 7 heteroatoms. The first kappa shape index (κ1) is 28.2. The number of hydrogen-bond acceptors (Lipinski definition) is 4. The molecule has 0 spiro atoms. The van der Waals surface area contributed by atoms with Gasteiger partial charge < -0.3 is 19.7 Å². The lowest BCUT2D eigenvalue weighted by Crippen LogP contribution is -2.52. The Labute approximate surface area is 245 Å². The second kappa shape index (κ2) is 13.8. The Balaban J connectivity index is 1.39. The highest BCUT2D eigenvalue weighted by atomic mass is 79.9. The number of carbonyl (C=O) groups is 2. The number of nitrogens with one attached hydrogen (secondary N) is 1. The van der Waals surface area contributed by atoms with Gasteiger partial charge in [-0.2, -0.15) is 0 Å². The summed E-state index contributed by atoms with van der Waals surface area (Å²) in [5.74, 6) is 1.34. The van der Waals surface area contributed by atoms with Gasteiger partial charge >= 0.3 is 0 Å². The van der Waals surface area contributed by atoms with Gasteiger partial charge in [-0.25, -0.2) is 0 Å². The van der Waals surface area contributed by atoms with Crippen LogP contribution in [-0.2, 0) is 29.0 Å². The largest absolute Gasteiger partial charge is 0.486 e. The van der Waals surface area contributed by atoms with E-state index >= 15 is 0 Å². The van der Waals surface area contributed by atoms with Crippen LogP contribution >= 0.6 is 15.9 Å². The maximum atomic E-state index is 14.0. The normalized spacial score (nSPS) is 15.7. The Bertz CT molecular complexity index is 1290. The molecule has 1 fully saturated rings. The van der Waals surface area contributed by atoms with Crippen LogP contribution < -0.4 is 14.8 Å². The molecule has 0 bridgehead atoms. The highest BCUT2D eigenvalue weighted by Gasteiger charge is 2.32. The summed E-state index contributed by atoms with van der Waals surface area (Å²) in [6, 6.07) is 23.3. The Kier molecular flexibility index (Phi) is 9.76. The lowest BCUT2D eigenvalue weighted by molar-refractivity contribution is -0.141. The first-order valence-electron chi connectivity index (χ1n) is 14.3. The summed E-state index contributed by atoms with van der Waals surface area (Å²) in [6.07, 6.45) is 6.76. The van der Waals surface area contributed by atoms with Gasteiger partial charge in [-0.1, -0.05) is 83.7 Å². The van der Waals surface area contributed by atoms with Crippen LogP contribution in [0.15, 0.2) is 77.3 Å². The van der Waals surface area contributed by atoms with E-state index in [1.54, 1.807) is 4.90 Å². The van der Waals surface area contributed by atoms with E-state index in [9.17, 15) is 9.59 Å². The average molecular weight is 606 g/mol. The highest BCUT2D eigenvalue weighted by molar-refractivity contribution is 9.10. The molecule has 1 aliphatic carbocycles. The fraction of sp³-hybridized carbons (Fsp3) is 0.394. The van der Waals surface area contributed by atoms with Crippen LogP contribution in [0, 0.1) is 0 Å². The second-order valence-corrected chi connectivity index (χ2v) is 11.6. The van der Waals surface area contributed by atoms with Gasteiger partial charge in [0.15, 0.2) is 11.5 Å². The minimum absolute atomic E-state index is 0.0467. The quantitative estimate of drug-likeness (QED) is 0.297. The molecule has 0 radical (unpaired) electrons. The third kappa shape index (κ3) is 7.66. The van der Waals surface area contributed by atoms with Gasteiger partial charge in [0.25, 0.3) is 0 Å². The molecule has 1 atom stereocenters. The summed E-state index contributed by atoms with van der Waals surface area (Å²) in [5.41, 5.74) is 3.02. The minimum Gasteiger partial charge on any atom is -0.486 e. The molecule has 1 aliphatic heterocycles. The van der Waals surface area contributed by atoms with E-state index in [0.717, 1.165) is 58.3 Å². The molecule has 1 N–H and O–H groups in total. The number of carbonyl (C=O) groups excluding carboxylic acids is 2. The van der Waals surface area contributed by atoms with E-state index < -0.39 is 6.04 Å². The molecule has 40 heavy (non-hydrogen) atoms. The van der Waals surface area contributed by atoms with Crippen molar-refractivity contribution in [2.75, 3.05) is 13.2 Å². The Morgan fingerprint density at radius 3 is 2.38 bits per heavy atom. The van der Waals surface area contributed by atoms with Crippen molar-refractivity contribution in [3.63, 3.8) is 0 Å². The molecule has 1 heterocycles. The number of benzene rings is 3. The van der Waals surface area contributed by atoms with Crippen molar-refractivity contribution in [1.29, 1.82) is 0 Å². The predicted molar refractivity (Wildman–Crippen MR) is 159 cm³/mol. The third-order valence-electron chi connectivity index (χ3n) is 7.70. The van der Waals surface area contributed by atoms with E-state index in [4.69, 9.17) is 9.47 Å². The van der Waals surface area contributed by atoms with Crippen LogP contribution in [-0.4, -0.2) is 42.0 Å². The van der Waals surface area contributed by atoms with Crippen molar-refractivity contribution in [2.45, 2.75) is 70.0 Å². The SMILES string of the molecule is O=C(NC1CCCCC1)C(Cc1ccccc1)N(Cc1cccc(Br)c1)C(=O)CCc1ccc2c(c1)OCCO2. The summed E-state index contributed by atoms with van der Waals surface area (Å²) in [6.45, 7) is 1.42. The first-order valence-corrected chi connectivity index (χ1v) is 15.1. The van der Waals surface area contributed by atoms with Crippen LogP contribution in [0.25, 0.3) is 0 Å². The number of ether oxygens (including phenoxy) is 2. The van der Waals surface area contributed by atoms with Crippen molar-refractivity contribution in [1.82, 2.24) is 10.2 Å². The third-order valence-corrected chi connectivity index (χ3v) is 8.19. The highest BCUT2D eigenvalue weighted by Crippen LogP contribution is 2.31. The Morgan fingerprint density at radius 2 is 1.60 bits per heavy atom. The molecule has 6 nitrogen and oxygen atoms in total. The van der Waals surface area contributed by atoms with Crippen LogP contribution in [0.1, 0.15) is 55.2 Å². The summed E-state index contributed by atoms with van der Waals surface area (Å²) < 4.78 is 12.3. The molecule has 210 valence electrons. The van der Waals surface area contributed by atoms with Gasteiger partial charge in [-0.05, 0) is 60.2 Å². The fourth-order valence-electron chi connectivity index (χ4n) is 5.57. The van der Waals surface area contributed by atoms with Gasteiger partial charge in [-0.15, -0.1) is 0 Å². The van der Waals surface area contributed by atoms with Crippen molar-refractivity contribution < 1.29 is 19.1 Å². The number of rotatable bonds is 10. The summed E-state index contributed by atoms with van der Waals surface area (Å²) >= 11 is 3.56. The molecule has 0 aromatic heterocycles. The molecule has 2 amide bonds. The number of halogens is 1. The van der Waals surface area contributed by atoms with Crippen LogP contribution in [0.5, 0.6) is 11.5 Å². The van der Waals surface area contributed by atoms with E-state index in [1.807, 2.05) is 72.8 Å². The zero-order valence-corrected chi connectivity index (χ0v) is 24.4. The zero-order chi connectivity index (χ0) is 27.7. The molecular formula is C33H37BrN2O4. The van der Waals surface area contributed by atoms with Gasteiger partial charge in [0.05, 0.1) is 0 Å². The summed E-state index contributed by atoms with van der Waals surface area (Å²) in [4.78, 5) is 29.7. The maximum absolute atomic E-state index is 14.0. The number of hydrogen-bond donors (Lipinski definition) is 1. The lowest BCUT2D eigenvalue weighted by Gasteiger charge is -2.33. The van der Waals surface area contributed by atoms with Crippen molar-refractivity contribution in [2.24, 2.45) is 0 Å². The molecule has 0 saturated heterocycles. The smallest absolute Gasteiger partial charge is 0.243 e. The van der Waals surface area contributed by atoms with Gasteiger partial charge in [0, 0.05) is 29.9 Å². The van der Waals surface area contributed by atoms with E-state index in [1.165, 1.54) is 6.42 Å². The summed E-state index contributed by atoms with van der Waals surface area (Å²) in [5, 5.41) is 3.31. The maximum Gasteiger partial charge on any atom is 0.243 e. The number of nitrogens with zero attached hydrogens (tertiary/aromatic N) is 1. The van der Waals surface area contributed by atoms with E-state index in [0.29, 0.717) is 32.6 Å². The average Bonchev–Trinajstić information content (AvgIpc) is 2.98. The number of fused-ring (bicyclic) bond motifs is 1. The predicted octanol–water partition coefficient (Wildman–Crippen LogP) is 6.24. The van der Waals surface area contributed by atoms with Crippen molar-refractivity contribution in [3.05, 3.63) is 94.0 Å². The summed E-state index contributed by atoms with van der Waals surface area (Å²) in [7, 11) is 0. The standard InChI is InChI=1S/C33H37BrN2O4/c34-27-11-7-10-26(20-27)23-36(32(37)17-15-25-14-16-30-31(22-25)40-19-18-39-30)29(21-24-8-3-1-4-9-24)33(38)35-28-12-5-2-6-13-28/h1,3-4,7-11,14,16,20,22,28-29H,2,5-6,12-13,15,17-19,21,23H2,(H,35,38). The fourth-order valence-corrected chi connectivity index (χ4v) is 6.02. The molecule has 1 unspecified atom stereocenters. The van der Waals surface area contributed by atoms with Crippen LogP contribution in [0.2, 0.25) is 0 Å². The number of amides is 2. The monoisotopic (exact) mass is 604 g/mol. The first-order chi connectivity index (χ1) is 19.5. The minimum atomic E-state index is -0.615. The molecule has 3 aromatic rings. The second-order valence-electron chi connectivity index (χ2n) is 10.7. The van der Waals surface area contributed by atoms with Crippen molar-refractivity contribution >= 4 is 27.7 Å². The van der Waals surface area contributed by atoms with E-state index in [-0.39, 0.29) is 24.3 Å². The van der Waals surface area contributed by atoms with Crippen LogP contribution in [0.3, 0.4) is 0 Å². The van der Waals surface area contributed by atoms with Crippen molar-refractivity contribution in [3.8, 4) is 11.5 Å². The topological polar surface area (TPSA) is 67.9 Å². The lowest BCUT2D eigenvalue weighted by atomic mass is 9.94. The Morgan fingerprint density at radius 1 is 0.850 bits per heavy atom. The number of aryl methyl sites for hydroxylation is 1. The van der Waals surface area contributed by atoms with E-state index in [2.05, 4.69) is 21.2 Å². The molecule has 1 saturated carbocycles. The van der Waals surface area contributed by atoms with Gasteiger partial charge in [-0.3, -0.25) is 9.59 Å². The molecule has 5 rings (SSSR count). The van der Waals surface area contributed by atoms with Gasteiger partial charge in [0.1, 0.15) is 19.3 Å². The molecule has 2 aliphatic rings. The van der Waals surface area contributed by atoms with Gasteiger partial charge in [0.2, 0.25) is 11.8 Å². The molecule has 3 aromatic carbocycles.